The lowest BCUT2D eigenvalue weighted by Crippen LogP contribution is -2.01. The zero-order valence-corrected chi connectivity index (χ0v) is 9.94. The molecule has 0 amide bonds. The van der Waals surface area contributed by atoms with Gasteiger partial charge in [0.1, 0.15) is 0 Å². The average Bonchev–Trinajstić information content (AvgIpc) is 2.38. The van der Waals surface area contributed by atoms with E-state index in [2.05, 4.69) is 9.72 Å². The lowest BCUT2D eigenvalue weighted by atomic mass is 10.1. The van der Waals surface area contributed by atoms with E-state index in [1.165, 1.54) is 7.11 Å². The van der Waals surface area contributed by atoms with Crippen LogP contribution in [0.15, 0.2) is 42.6 Å². The molecule has 1 aromatic carbocycles. The van der Waals surface area contributed by atoms with Crippen molar-refractivity contribution in [2.45, 2.75) is 0 Å². The third-order valence-electron chi connectivity index (χ3n) is 2.28. The van der Waals surface area contributed by atoms with Crippen LogP contribution in [0.4, 0.5) is 0 Å². The van der Waals surface area contributed by atoms with Gasteiger partial charge in [-0.15, -0.1) is 0 Å². The molecular weight excluding hydrogens is 238 g/mol. The first kappa shape index (κ1) is 11.6. The normalized spacial score (nSPS) is 10.0. The smallest absolute Gasteiger partial charge is 0.337 e. The quantitative estimate of drug-likeness (QED) is 0.765. The monoisotopic (exact) mass is 247 g/mol. The minimum Gasteiger partial charge on any atom is -0.465 e. The summed E-state index contributed by atoms with van der Waals surface area (Å²) in [6, 6.07) is 10.6. The summed E-state index contributed by atoms with van der Waals surface area (Å²) in [4.78, 5) is 15.7. The van der Waals surface area contributed by atoms with Crippen LogP contribution in [0.1, 0.15) is 10.4 Å². The van der Waals surface area contributed by atoms with Gasteiger partial charge < -0.3 is 4.74 Å². The van der Waals surface area contributed by atoms with Crippen molar-refractivity contribution in [3.05, 3.63) is 53.2 Å². The van der Waals surface area contributed by atoms with Gasteiger partial charge in [0.05, 0.1) is 18.4 Å². The van der Waals surface area contributed by atoms with Crippen LogP contribution in [0, 0.1) is 0 Å². The first-order valence-corrected chi connectivity index (χ1v) is 5.39. The zero-order valence-electron chi connectivity index (χ0n) is 9.18. The SMILES string of the molecule is COC(=O)c1cc(Cl)cc(-c2ccccn2)c1. The molecule has 0 N–H and O–H groups in total. The summed E-state index contributed by atoms with van der Waals surface area (Å²) in [5.41, 5.74) is 1.97. The molecule has 0 fully saturated rings. The number of aromatic nitrogens is 1. The first-order valence-electron chi connectivity index (χ1n) is 5.01. The fraction of sp³-hybridized carbons (Fsp3) is 0.0769. The van der Waals surface area contributed by atoms with Crippen molar-refractivity contribution in [3.63, 3.8) is 0 Å². The molecule has 1 heterocycles. The molecule has 0 aliphatic carbocycles. The second-order valence-corrected chi connectivity index (χ2v) is 3.87. The van der Waals surface area contributed by atoms with Gasteiger partial charge in [0, 0.05) is 16.8 Å². The highest BCUT2D eigenvalue weighted by atomic mass is 35.5. The van der Waals surface area contributed by atoms with Crippen LogP contribution in [-0.4, -0.2) is 18.1 Å². The summed E-state index contributed by atoms with van der Waals surface area (Å²) >= 11 is 5.97. The number of pyridine rings is 1. The Morgan fingerprint density at radius 1 is 1.29 bits per heavy atom. The van der Waals surface area contributed by atoms with E-state index in [9.17, 15) is 4.79 Å². The predicted octanol–water partition coefficient (Wildman–Crippen LogP) is 3.19. The topological polar surface area (TPSA) is 39.2 Å². The number of hydrogen-bond acceptors (Lipinski definition) is 3. The molecule has 0 radical (unpaired) electrons. The molecule has 3 nitrogen and oxygen atoms in total. The van der Waals surface area contributed by atoms with Crippen LogP contribution in [0.5, 0.6) is 0 Å². The summed E-state index contributed by atoms with van der Waals surface area (Å²) in [7, 11) is 1.34. The molecular formula is C13H10ClNO2. The maximum atomic E-state index is 11.4. The summed E-state index contributed by atoms with van der Waals surface area (Å²) in [6.45, 7) is 0. The number of carbonyl (C=O) groups excluding carboxylic acids is 1. The number of carbonyl (C=O) groups is 1. The Hall–Kier alpha value is -1.87. The molecule has 4 heteroatoms. The number of nitrogens with zero attached hydrogens (tertiary/aromatic N) is 1. The van der Waals surface area contributed by atoms with E-state index in [-0.39, 0.29) is 0 Å². The highest BCUT2D eigenvalue weighted by Crippen LogP contribution is 2.23. The van der Waals surface area contributed by atoms with Crippen LogP contribution in [0.3, 0.4) is 0 Å². The summed E-state index contributed by atoms with van der Waals surface area (Å²) < 4.78 is 4.66. The van der Waals surface area contributed by atoms with Crippen LogP contribution in [0.2, 0.25) is 5.02 Å². The predicted molar refractivity (Wildman–Crippen MR) is 66.0 cm³/mol. The second kappa shape index (κ2) is 4.97. The number of benzene rings is 1. The number of halogens is 1. The molecule has 0 aliphatic heterocycles. The summed E-state index contributed by atoms with van der Waals surface area (Å²) in [5.74, 6) is -0.412. The Morgan fingerprint density at radius 2 is 2.12 bits per heavy atom. The lowest BCUT2D eigenvalue weighted by Gasteiger charge is -2.05. The Bertz CT molecular complexity index is 540. The van der Waals surface area contributed by atoms with E-state index in [4.69, 9.17) is 11.6 Å². The van der Waals surface area contributed by atoms with Crippen molar-refractivity contribution in [2.24, 2.45) is 0 Å². The van der Waals surface area contributed by atoms with E-state index in [1.54, 1.807) is 24.4 Å². The van der Waals surface area contributed by atoms with Gasteiger partial charge in [-0.3, -0.25) is 4.98 Å². The molecule has 0 unspecified atom stereocenters. The van der Waals surface area contributed by atoms with Gasteiger partial charge in [0.2, 0.25) is 0 Å². The van der Waals surface area contributed by atoms with Crippen LogP contribution in [0.25, 0.3) is 11.3 Å². The Kier molecular flexibility index (Phi) is 3.40. The first-order chi connectivity index (χ1) is 8.20. The van der Waals surface area contributed by atoms with Crippen molar-refractivity contribution in [3.8, 4) is 11.3 Å². The van der Waals surface area contributed by atoms with Gasteiger partial charge in [-0.05, 0) is 30.3 Å². The van der Waals surface area contributed by atoms with E-state index < -0.39 is 5.97 Å². The van der Waals surface area contributed by atoms with E-state index >= 15 is 0 Å². The van der Waals surface area contributed by atoms with Gasteiger partial charge in [0.25, 0.3) is 0 Å². The third-order valence-corrected chi connectivity index (χ3v) is 2.50. The average molecular weight is 248 g/mol. The van der Waals surface area contributed by atoms with E-state index in [0.29, 0.717) is 10.6 Å². The van der Waals surface area contributed by atoms with E-state index in [0.717, 1.165) is 11.3 Å². The minimum atomic E-state index is -0.412. The number of esters is 1. The Labute approximate surface area is 104 Å². The molecule has 86 valence electrons. The molecule has 2 rings (SSSR count). The zero-order chi connectivity index (χ0) is 12.3. The van der Waals surface area contributed by atoms with Crippen molar-refractivity contribution in [1.82, 2.24) is 4.98 Å². The molecule has 0 aliphatic rings. The molecule has 17 heavy (non-hydrogen) atoms. The molecule has 0 bridgehead atoms. The van der Waals surface area contributed by atoms with Crippen LogP contribution >= 0.6 is 11.6 Å². The van der Waals surface area contributed by atoms with Gasteiger partial charge in [-0.1, -0.05) is 17.7 Å². The molecule has 0 saturated carbocycles. The number of ether oxygens (including phenoxy) is 1. The molecule has 1 aromatic heterocycles. The van der Waals surface area contributed by atoms with Gasteiger partial charge in [-0.2, -0.15) is 0 Å². The highest BCUT2D eigenvalue weighted by molar-refractivity contribution is 6.31. The van der Waals surface area contributed by atoms with Crippen molar-refractivity contribution in [1.29, 1.82) is 0 Å². The standard InChI is InChI=1S/C13H10ClNO2/c1-17-13(16)10-6-9(7-11(14)8-10)12-4-2-3-5-15-12/h2-8H,1H3. The largest absolute Gasteiger partial charge is 0.465 e. The number of methoxy groups -OCH3 is 1. The summed E-state index contributed by atoms with van der Waals surface area (Å²) in [6.07, 6.45) is 1.69. The molecule has 0 spiro atoms. The van der Waals surface area contributed by atoms with Gasteiger partial charge in [-0.25, -0.2) is 4.79 Å². The van der Waals surface area contributed by atoms with Crippen LogP contribution in [-0.2, 0) is 4.74 Å². The van der Waals surface area contributed by atoms with Gasteiger partial charge >= 0.3 is 5.97 Å². The third kappa shape index (κ3) is 2.63. The minimum absolute atomic E-state index is 0.412. The maximum absolute atomic E-state index is 11.4. The summed E-state index contributed by atoms with van der Waals surface area (Å²) in [5, 5.41) is 0.480. The molecule has 0 saturated heterocycles. The maximum Gasteiger partial charge on any atom is 0.337 e. The Morgan fingerprint density at radius 3 is 2.76 bits per heavy atom. The molecule has 2 aromatic rings. The molecule has 0 atom stereocenters. The van der Waals surface area contributed by atoms with Crippen LogP contribution < -0.4 is 0 Å². The van der Waals surface area contributed by atoms with Crippen molar-refractivity contribution in [2.75, 3.05) is 7.11 Å². The number of hydrogen-bond donors (Lipinski definition) is 0. The lowest BCUT2D eigenvalue weighted by molar-refractivity contribution is 0.0601. The van der Waals surface area contributed by atoms with Gasteiger partial charge in [0.15, 0.2) is 0 Å². The van der Waals surface area contributed by atoms with Crippen molar-refractivity contribution < 1.29 is 9.53 Å². The Balaban J connectivity index is 2.49. The second-order valence-electron chi connectivity index (χ2n) is 3.44. The fourth-order valence-electron chi connectivity index (χ4n) is 1.51. The number of rotatable bonds is 2. The fourth-order valence-corrected chi connectivity index (χ4v) is 1.74. The van der Waals surface area contributed by atoms with Crippen molar-refractivity contribution >= 4 is 17.6 Å². The highest BCUT2D eigenvalue weighted by Gasteiger charge is 2.09. The van der Waals surface area contributed by atoms with E-state index in [1.807, 2.05) is 18.2 Å².